The Labute approximate surface area is 82.6 Å². The van der Waals surface area contributed by atoms with Crippen LogP contribution in [-0.4, -0.2) is 3.42 Å². The summed E-state index contributed by atoms with van der Waals surface area (Å²) < 4.78 is 0.513. The molecule has 62 valence electrons. The van der Waals surface area contributed by atoms with Crippen LogP contribution >= 0.6 is 22.6 Å². The number of hydrogen-bond acceptors (Lipinski definition) is 0. The predicted molar refractivity (Wildman–Crippen MR) is 57.0 cm³/mol. The van der Waals surface area contributed by atoms with Crippen LogP contribution in [0.3, 0.4) is 0 Å². The molecule has 1 fully saturated rings. The molecule has 0 aromatic heterocycles. The topological polar surface area (TPSA) is 0 Å². The molecule has 1 heteroatoms. The maximum atomic E-state index is 2.63. The van der Waals surface area contributed by atoms with E-state index in [1.54, 1.807) is 11.1 Å². The second kappa shape index (κ2) is 2.24. The summed E-state index contributed by atoms with van der Waals surface area (Å²) in [5.74, 6) is 1.85. The van der Waals surface area contributed by atoms with Crippen molar-refractivity contribution in [1.29, 1.82) is 0 Å². The van der Waals surface area contributed by atoms with Gasteiger partial charge in [-0.25, -0.2) is 0 Å². The monoisotopic (exact) mass is 262 g/mol. The third-order valence-corrected chi connectivity index (χ3v) is 4.44. The van der Waals surface area contributed by atoms with Crippen LogP contribution in [0.2, 0.25) is 0 Å². The first-order valence-electron chi connectivity index (χ1n) is 4.44. The Morgan fingerprint density at radius 2 is 2.18 bits per heavy atom. The van der Waals surface area contributed by atoms with E-state index in [0.717, 1.165) is 11.8 Å². The molecule has 0 aromatic rings. The number of hydrogen-bond donors (Lipinski definition) is 0. The predicted octanol–water partition coefficient (Wildman–Crippen LogP) is 3.56. The first kappa shape index (κ1) is 8.09. The average Bonchev–Trinajstić information content (AvgIpc) is 2.56. The lowest BCUT2D eigenvalue weighted by molar-refractivity contribution is 0.398. The average molecular weight is 262 g/mol. The molecule has 11 heavy (non-hydrogen) atoms. The van der Waals surface area contributed by atoms with Crippen molar-refractivity contribution in [1.82, 2.24) is 0 Å². The van der Waals surface area contributed by atoms with Crippen molar-refractivity contribution in [3.05, 3.63) is 11.1 Å². The first-order valence-corrected chi connectivity index (χ1v) is 5.52. The summed E-state index contributed by atoms with van der Waals surface area (Å²) in [6, 6.07) is 0. The van der Waals surface area contributed by atoms with Crippen molar-refractivity contribution in [2.45, 2.75) is 37.0 Å². The van der Waals surface area contributed by atoms with Crippen molar-refractivity contribution in [2.24, 2.45) is 11.8 Å². The Kier molecular flexibility index (Phi) is 1.65. The fourth-order valence-electron chi connectivity index (χ4n) is 2.60. The number of allylic oxidation sites excluding steroid dienone is 2. The third-order valence-electron chi connectivity index (χ3n) is 3.32. The van der Waals surface area contributed by atoms with Crippen LogP contribution in [0.5, 0.6) is 0 Å². The van der Waals surface area contributed by atoms with Crippen LogP contribution in [0.1, 0.15) is 33.6 Å². The second-order valence-electron chi connectivity index (χ2n) is 4.29. The summed E-state index contributed by atoms with van der Waals surface area (Å²) in [5, 5.41) is 0. The van der Waals surface area contributed by atoms with Crippen molar-refractivity contribution < 1.29 is 0 Å². The highest BCUT2D eigenvalue weighted by Crippen LogP contribution is 2.59. The first-order chi connectivity index (χ1) is 5.04. The highest BCUT2D eigenvalue weighted by atomic mass is 127. The van der Waals surface area contributed by atoms with E-state index in [0.29, 0.717) is 3.42 Å². The van der Waals surface area contributed by atoms with Gasteiger partial charge in [-0.15, -0.1) is 0 Å². The van der Waals surface area contributed by atoms with Crippen LogP contribution in [0, 0.1) is 11.8 Å². The van der Waals surface area contributed by atoms with Gasteiger partial charge in [-0.1, -0.05) is 35.1 Å². The van der Waals surface area contributed by atoms with E-state index in [1.165, 1.54) is 12.8 Å². The van der Waals surface area contributed by atoms with Gasteiger partial charge >= 0.3 is 0 Å². The number of alkyl halides is 1. The van der Waals surface area contributed by atoms with Crippen LogP contribution in [0.4, 0.5) is 0 Å². The molecular formula is C10H15I. The molecule has 0 N–H and O–H groups in total. The van der Waals surface area contributed by atoms with Crippen LogP contribution < -0.4 is 0 Å². The Balaban J connectivity index is 2.23. The summed E-state index contributed by atoms with van der Waals surface area (Å²) in [6.07, 6.45) is 2.81. The molecule has 1 saturated carbocycles. The van der Waals surface area contributed by atoms with E-state index < -0.39 is 0 Å². The third kappa shape index (κ3) is 1.07. The molecule has 1 unspecified atom stereocenters. The molecule has 0 aromatic carbocycles. The van der Waals surface area contributed by atoms with Crippen LogP contribution in [0.25, 0.3) is 0 Å². The van der Waals surface area contributed by atoms with E-state index >= 15 is 0 Å². The SMILES string of the molecule is CC1=C2[C@H]1C(C)CC[C@@]2(C)I. The van der Waals surface area contributed by atoms with Crippen molar-refractivity contribution in [2.75, 3.05) is 0 Å². The van der Waals surface area contributed by atoms with Gasteiger partial charge in [0.2, 0.25) is 0 Å². The number of rotatable bonds is 0. The molecule has 0 radical (unpaired) electrons. The fraction of sp³-hybridized carbons (Fsp3) is 0.800. The molecule has 0 aliphatic heterocycles. The Morgan fingerprint density at radius 1 is 1.55 bits per heavy atom. The summed E-state index contributed by atoms with van der Waals surface area (Å²) in [7, 11) is 0. The molecule has 0 bridgehead atoms. The zero-order chi connectivity index (χ0) is 8.22. The van der Waals surface area contributed by atoms with E-state index in [4.69, 9.17) is 0 Å². The minimum absolute atomic E-state index is 0.513. The molecule has 2 aliphatic rings. The summed E-state index contributed by atoms with van der Waals surface area (Å²) in [5.41, 5.74) is 3.48. The van der Waals surface area contributed by atoms with Gasteiger partial charge in [-0.2, -0.15) is 0 Å². The maximum Gasteiger partial charge on any atom is 0.0410 e. The van der Waals surface area contributed by atoms with Gasteiger partial charge in [0.05, 0.1) is 0 Å². The highest BCUT2D eigenvalue weighted by Gasteiger charge is 2.49. The quantitative estimate of drug-likeness (QED) is 0.356. The number of fused-ring (bicyclic) bond motifs is 1. The molecule has 2 rings (SSSR count). The van der Waals surface area contributed by atoms with Gasteiger partial charge in [0.15, 0.2) is 0 Å². The Bertz CT molecular complexity index is 225. The zero-order valence-electron chi connectivity index (χ0n) is 7.45. The van der Waals surface area contributed by atoms with Gasteiger partial charge < -0.3 is 0 Å². The molecule has 0 nitrogen and oxygen atoms in total. The van der Waals surface area contributed by atoms with E-state index in [-0.39, 0.29) is 0 Å². The van der Waals surface area contributed by atoms with Crippen LogP contribution in [0.15, 0.2) is 11.1 Å². The summed E-state index contributed by atoms with van der Waals surface area (Å²) >= 11 is 2.63. The fourth-order valence-corrected chi connectivity index (χ4v) is 3.67. The minimum atomic E-state index is 0.513. The highest BCUT2D eigenvalue weighted by molar-refractivity contribution is 14.1. The smallest absolute Gasteiger partial charge is 0.0410 e. The molecule has 3 atom stereocenters. The largest absolute Gasteiger partial charge is 0.0743 e. The molecular weight excluding hydrogens is 247 g/mol. The van der Waals surface area contributed by atoms with E-state index in [1.807, 2.05) is 0 Å². The molecule has 0 spiro atoms. The summed E-state index contributed by atoms with van der Waals surface area (Å²) in [4.78, 5) is 0. The maximum absolute atomic E-state index is 2.63. The zero-order valence-corrected chi connectivity index (χ0v) is 9.60. The van der Waals surface area contributed by atoms with Gasteiger partial charge in [-0.05, 0) is 38.2 Å². The van der Waals surface area contributed by atoms with Gasteiger partial charge in [0.25, 0.3) is 0 Å². The van der Waals surface area contributed by atoms with Crippen molar-refractivity contribution in [3.63, 3.8) is 0 Å². The van der Waals surface area contributed by atoms with Crippen LogP contribution in [-0.2, 0) is 0 Å². The Hall–Kier alpha value is 0.470. The standard InChI is InChI=1S/C10H15I/c1-6-4-5-10(3,11)9-7(2)8(6)9/h6,8H,4-5H2,1-3H3/t6?,8-,10+/m0/s1. The van der Waals surface area contributed by atoms with Gasteiger partial charge in [-0.3, -0.25) is 0 Å². The van der Waals surface area contributed by atoms with E-state index in [2.05, 4.69) is 43.4 Å². The number of halogens is 1. The van der Waals surface area contributed by atoms with E-state index in [9.17, 15) is 0 Å². The molecule has 0 saturated heterocycles. The summed E-state index contributed by atoms with van der Waals surface area (Å²) in [6.45, 7) is 7.10. The normalized spacial score (nSPS) is 49.1. The second-order valence-corrected chi connectivity index (χ2v) is 6.67. The lowest BCUT2D eigenvalue weighted by atomic mass is 9.83. The van der Waals surface area contributed by atoms with Crippen molar-refractivity contribution in [3.8, 4) is 0 Å². The minimum Gasteiger partial charge on any atom is -0.0743 e. The lowest BCUT2D eigenvalue weighted by Gasteiger charge is -2.29. The van der Waals surface area contributed by atoms with Gasteiger partial charge in [0, 0.05) is 9.34 Å². The molecule has 0 heterocycles. The molecule has 2 aliphatic carbocycles. The van der Waals surface area contributed by atoms with Gasteiger partial charge in [0.1, 0.15) is 0 Å². The molecule has 0 amide bonds. The van der Waals surface area contributed by atoms with Crippen molar-refractivity contribution >= 4 is 22.6 Å². The lowest BCUT2D eigenvalue weighted by Crippen LogP contribution is -2.24. The Morgan fingerprint density at radius 3 is 2.73 bits per heavy atom.